The van der Waals surface area contributed by atoms with E-state index in [0.717, 1.165) is 18.5 Å². The average molecular weight is 266 g/mol. The molecule has 5 nitrogen and oxygen atoms in total. The van der Waals surface area contributed by atoms with Crippen molar-refractivity contribution < 1.29 is 10.0 Å². The smallest absolute Gasteiger partial charge is 0.272 e. The number of benzene rings is 1. The standard InChI is InChI=1S/C14H22N2O3/c1-11(10-17)9-15-12(2)7-8-13-5-3-4-6-14(13)16(18)19/h3-6,11-12,15,17H,7-10H2,1-2H3. The second-order valence-corrected chi connectivity index (χ2v) is 5.02. The van der Waals surface area contributed by atoms with Gasteiger partial charge in [-0.1, -0.05) is 25.1 Å². The fourth-order valence-electron chi connectivity index (χ4n) is 1.84. The molecule has 0 aliphatic heterocycles. The predicted octanol–water partition coefficient (Wildman–Crippen LogP) is 2.13. The molecule has 0 saturated carbocycles. The summed E-state index contributed by atoms with van der Waals surface area (Å²) >= 11 is 0. The van der Waals surface area contributed by atoms with E-state index in [1.165, 1.54) is 0 Å². The average Bonchev–Trinajstić information content (AvgIpc) is 2.42. The number of rotatable bonds is 8. The third kappa shape index (κ3) is 5.36. The van der Waals surface area contributed by atoms with Crippen LogP contribution in [0, 0.1) is 16.0 Å². The van der Waals surface area contributed by atoms with E-state index in [2.05, 4.69) is 12.2 Å². The Morgan fingerprint density at radius 2 is 2.05 bits per heavy atom. The van der Waals surface area contributed by atoms with Gasteiger partial charge in [0, 0.05) is 30.8 Å². The van der Waals surface area contributed by atoms with E-state index in [1.807, 2.05) is 13.0 Å². The summed E-state index contributed by atoms with van der Waals surface area (Å²) in [6, 6.07) is 7.14. The summed E-state index contributed by atoms with van der Waals surface area (Å²) in [5, 5.41) is 23.1. The molecule has 0 saturated heterocycles. The SMILES string of the molecule is CC(CO)CNC(C)CCc1ccccc1[N+](=O)[O-]. The van der Waals surface area contributed by atoms with Crippen molar-refractivity contribution in [2.24, 2.45) is 5.92 Å². The lowest BCUT2D eigenvalue weighted by atomic mass is 10.0. The Bertz CT molecular complexity index is 409. The van der Waals surface area contributed by atoms with Crippen LogP contribution in [0.3, 0.4) is 0 Å². The normalized spacial score (nSPS) is 14.1. The van der Waals surface area contributed by atoms with Crippen LogP contribution in [0.5, 0.6) is 0 Å². The van der Waals surface area contributed by atoms with Crippen LogP contribution in [-0.2, 0) is 6.42 Å². The first-order chi connectivity index (χ1) is 9.04. The molecule has 0 heterocycles. The van der Waals surface area contributed by atoms with Crippen molar-refractivity contribution in [3.63, 3.8) is 0 Å². The van der Waals surface area contributed by atoms with Crippen LogP contribution < -0.4 is 5.32 Å². The lowest BCUT2D eigenvalue weighted by Gasteiger charge is -2.16. The lowest BCUT2D eigenvalue weighted by molar-refractivity contribution is -0.385. The number of nitro benzene ring substituents is 1. The van der Waals surface area contributed by atoms with Crippen molar-refractivity contribution in [2.75, 3.05) is 13.2 Å². The van der Waals surface area contributed by atoms with E-state index in [1.54, 1.807) is 18.2 Å². The quantitative estimate of drug-likeness (QED) is 0.558. The van der Waals surface area contributed by atoms with Gasteiger partial charge in [-0.2, -0.15) is 0 Å². The number of hydrogen-bond acceptors (Lipinski definition) is 4. The molecule has 0 bridgehead atoms. The van der Waals surface area contributed by atoms with E-state index < -0.39 is 0 Å². The Balaban J connectivity index is 2.46. The summed E-state index contributed by atoms with van der Waals surface area (Å²) in [4.78, 5) is 10.6. The molecule has 19 heavy (non-hydrogen) atoms. The van der Waals surface area contributed by atoms with Crippen molar-refractivity contribution in [3.05, 3.63) is 39.9 Å². The zero-order valence-corrected chi connectivity index (χ0v) is 11.5. The molecule has 106 valence electrons. The Labute approximate surface area is 113 Å². The van der Waals surface area contributed by atoms with E-state index in [4.69, 9.17) is 5.11 Å². The Kier molecular flexibility index (Phi) is 6.45. The number of nitro groups is 1. The first-order valence-corrected chi connectivity index (χ1v) is 6.61. The second-order valence-electron chi connectivity index (χ2n) is 5.02. The van der Waals surface area contributed by atoms with Crippen LogP contribution in [-0.4, -0.2) is 29.2 Å². The van der Waals surface area contributed by atoms with Gasteiger partial charge in [-0.25, -0.2) is 0 Å². The summed E-state index contributed by atoms with van der Waals surface area (Å²) in [6.07, 6.45) is 1.52. The van der Waals surface area contributed by atoms with E-state index in [9.17, 15) is 10.1 Å². The highest BCUT2D eigenvalue weighted by Crippen LogP contribution is 2.19. The number of aryl methyl sites for hydroxylation is 1. The third-order valence-corrected chi connectivity index (χ3v) is 3.16. The highest BCUT2D eigenvalue weighted by atomic mass is 16.6. The summed E-state index contributed by atoms with van der Waals surface area (Å²) in [5.74, 6) is 0.230. The monoisotopic (exact) mass is 266 g/mol. The highest BCUT2D eigenvalue weighted by molar-refractivity contribution is 5.39. The van der Waals surface area contributed by atoms with Gasteiger partial charge in [0.15, 0.2) is 0 Å². The maximum absolute atomic E-state index is 10.9. The van der Waals surface area contributed by atoms with Crippen LogP contribution in [0.2, 0.25) is 0 Å². The Hall–Kier alpha value is -1.46. The molecule has 0 aliphatic carbocycles. The minimum Gasteiger partial charge on any atom is -0.396 e. The first-order valence-electron chi connectivity index (χ1n) is 6.61. The zero-order valence-electron chi connectivity index (χ0n) is 11.5. The number of hydrogen-bond donors (Lipinski definition) is 2. The number of aliphatic hydroxyl groups is 1. The van der Waals surface area contributed by atoms with Gasteiger partial charge in [0.25, 0.3) is 5.69 Å². The molecular formula is C14H22N2O3. The van der Waals surface area contributed by atoms with Gasteiger partial charge in [0.1, 0.15) is 0 Å². The van der Waals surface area contributed by atoms with Crippen molar-refractivity contribution in [1.29, 1.82) is 0 Å². The Morgan fingerprint density at radius 3 is 2.68 bits per heavy atom. The number of para-hydroxylation sites is 1. The number of aliphatic hydroxyl groups excluding tert-OH is 1. The van der Waals surface area contributed by atoms with Gasteiger partial charge in [-0.15, -0.1) is 0 Å². The van der Waals surface area contributed by atoms with Crippen molar-refractivity contribution in [3.8, 4) is 0 Å². The zero-order chi connectivity index (χ0) is 14.3. The van der Waals surface area contributed by atoms with Crippen LogP contribution in [0.4, 0.5) is 5.69 Å². The molecule has 1 aromatic carbocycles. The van der Waals surface area contributed by atoms with Gasteiger partial charge in [-0.05, 0) is 25.7 Å². The van der Waals surface area contributed by atoms with Gasteiger partial charge in [-0.3, -0.25) is 10.1 Å². The molecule has 0 radical (unpaired) electrons. The predicted molar refractivity (Wildman–Crippen MR) is 75.1 cm³/mol. The van der Waals surface area contributed by atoms with Crippen molar-refractivity contribution in [2.45, 2.75) is 32.7 Å². The van der Waals surface area contributed by atoms with Crippen LogP contribution in [0.1, 0.15) is 25.8 Å². The number of nitrogens with one attached hydrogen (secondary N) is 1. The van der Waals surface area contributed by atoms with Gasteiger partial charge < -0.3 is 10.4 Å². The minimum absolute atomic E-state index is 0.171. The summed E-state index contributed by atoms with van der Waals surface area (Å²) in [6.45, 7) is 4.96. The largest absolute Gasteiger partial charge is 0.396 e. The fraction of sp³-hybridized carbons (Fsp3) is 0.571. The maximum atomic E-state index is 10.9. The molecule has 0 spiro atoms. The fourth-order valence-corrected chi connectivity index (χ4v) is 1.84. The number of nitrogens with zero attached hydrogens (tertiary/aromatic N) is 1. The Morgan fingerprint density at radius 1 is 1.37 bits per heavy atom. The van der Waals surface area contributed by atoms with Crippen molar-refractivity contribution >= 4 is 5.69 Å². The molecule has 2 unspecified atom stereocenters. The van der Waals surface area contributed by atoms with Crippen LogP contribution in [0.25, 0.3) is 0 Å². The molecule has 2 N–H and O–H groups in total. The van der Waals surface area contributed by atoms with Gasteiger partial charge in [0.05, 0.1) is 4.92 Å². The topological polar surface area (TPSA) is 75.4 Å². The van der Waals surface area contributed by atoms with Gasteiger partial charge >= 0.3 is 0 Å². The molecule has 5 heteroatoms. The van der Waals surface area contributed by atoms with E-state index >= 15 is 0 Å². The van der Waals surface area contributed by atoms with Crippen LogP contribution in [0.15, 0.2) is 24.3 Å². The molecule has 1 rings (SSSR count). The van der Waals surface area contributed by atoms with E-state index in [-0.39, 0.29) is 29.2 Å². The maximum Gasteiger partial charge on any atom is 0.272 e. The molecule has 0 aromatic heterocycles. The highest BCUT2D eigenvalue weighted by Gasteiger charge is 2.13. The lowest BCUT2D eigenvalue weighted by Crippen LogP contribution is -2.31. The summed E-state index contributed by atoms with van der Waals surface area (Å²) in [5.41, 5.74) is 0.967. The van der Waals surface area contributed by atoms with E-state index in [0.29, 0.717) is 6.42 Å². The molecule has 0 amide bonds. The van der Waals surface area contributed by atoms with Crippen molar-refractivity contribution in [1.82, 2.24) is 5.32 Å². The third-order valence-electron chi connectivity index (χ3n) is 3.16. The first kappa shape index (κ1) is 15.6. The molecule has 0 aliphatic rings. The second kappa shape index (κ2) is 7.86. The molecule has 2 atom stereocenters. The summed E-state index contributed by atoms with van der Waals surface area (Å²) < 4.78 is 0. The van der Waals surface area contributed by atoms with Gasteiger partial charge in [0.2, 0.25) is 0 Å². The van der Waals surface area contributed by atoms with Crippen LogP contribution >= 0.6 is 0 Å². The minimum atomic E-state index is -0.332. The summed E-state index contributed by atoms with van der Waals surface area (Å²) in [7, 11) is 0. The molecule has 0 fully saturated rings. The molecular weight excluding hydrogens is 244 g/mol. The molecule has 1 aromatic rings.